The molecule has 116 valence electrons. The van der Waals surface area contributed by atoms with Crippen molar-refractivity contribution in [3.05, 3.63) is 23.8 Å². The lowest BCUT2D eigenvalue weighted by molar-refractivity contribution is 0.0406. The van der Waals surface area contributed by atoms with E-state index in [1.165, 1.54) is 5.56 Å². The second kappa shape index (κ2) is 5.85. The van der Waals surface area contributed by atoms with Gasteiger partial charge in [-0.05, 0) is 26.1 Å². The molecule has 2 heterocycles. The van der Waals surface area contributed by atoms with Crippen LogP contribution in [0.2, 0.25) is 0 Å². The molecule has 2 unspecified atom stereocenters. The Kier molecular flexibility index (Phi) is 4.09. The van der Waals surface area contributed by atoms with Crippen molar-refractivity contribution >= 4 is 0 Å². The molecule has 0 aliphatic carbocycles. The standard InChI is InChI=1S/C17H26N2O2/c1-4-8-18-15-11-17(7-9-19(2)12-17)21-16-10-13(20-3)5-6-14(15)16/h5-6,10,15,18H,4,7-9,11-12H2,1-3H3. The third-order valence-corrected chi connectivity index (χ3v) is 4.65. The second-order valence-electron chi connectivity index (χ2n) is 6.39. The lowest BCUT2D eigenvalue weighted by atomic mass is 9.86. The van der Waals surface area contributed by atoms with Gasteiger partial charge in [-0.15, -0.1) is 0 Å². The summed E-state index contributed by atoms with van der Waals surface area (Å²) in [6.45, 7) is 5.37. The normalized spacial score (nSPS) is 28.4. The maximum Gasteiger partial charge on any atom is 0.128 e. The zero-order valence-corrected chi connectivity index (χ0v) is 13.3. The molecule has 1 aromatic carbocycles. The first-order valence-corrected chi connectivity index (χ1v) is 7.95. The van der Waals surface area contributed by atoms with Crippen molar-refractivity contribution in [2.75, 3.05) is 33.8 Å². The lowest BCUT2D eigenvalue weighted by Gasteiger charge is -2.40. The summed E-state index contributed by atoms with van der Waals surface area (Å²) in [6, 6.07) is 6.59. The number of hydrogen-bond acceptors (Lipinski definition) is 4. The van der Waals surface area contributed by atoms with E-state index in [0.717, 1.165) is 50.4 Å². The molecule has 1 fully saturated rings. The highest BCUT2D eigenvalue weighted by atomic mass is 16.5. The van der Waals surface area contributed by atoms with Crippen LogP contribution in [0.1, 0.15) is 37.8 Å². The maximum atomic E-state index is 6.44. The SMILES string of the molecule is CCCNC1CC2(CCN(C)C2)Oc2cc(OC)ccc21. The van der Waals surface area contributed by atoms with Crippen LogP contribution in [0.5, 0.6) is 11.5 Å². The van der Waals surface area contributed by atoms with Gasteiger partial charge in [-0.2, -0.15) is 0 Å². The lowest BCUT2D eigenvalue weighted by Crippen LogP contribution is -2.46. The summed E-state index contributed by atoms with van der Waals surface area (Å²) >= 11 is 0. The van der Waals surface area contributed by atoms with Crippen molar-refractivity contribution in [1.29, 1.82) is 0 Å². The Morgan fingerprint density at radius 2 is 2.33 bits per heavy atom. The van der Waals surface area contributed by atoms with Crippen LogP contribution in [0.25, 0.3) is 0 Å². The van der Waals surface area contributed by atoms with Gasteiger partial charge in [0.2, 0.25) is 0 Å². The monoisotopic (exact) mass is 290 g/mol. The second-order valence-corrected chi connectivity index (χ2v) is 6.39. The first kappa shape index (κ1) is 14.7. The van der Waals surface area contributed by atoms with Crippen LogP contribution in [0, 0.1) is 0 Å². The van der Waals surface area contributed by atoms with Crippen molar-refractivity contribution < 1.29 is 9.47 Å². The molecular formula is C17H26N2O2. The number of hydrogen-bond donors (Lipinski definition) is 1. The molecule has 21 heavy (non-hydrogen) atoms. The van der Waals surface area contributed by atoms with Gasteiger partial charge >= 0.3 is 0 Å². The van der Waals surface area contributed by atoms with Crippen LogP contribution in [0.15, 0.2) is 18.2 Å². The van der Waals surface area contributed by atoms with E-state index in [4.69, 9.17) is 9.47 Å². The zero-order valence-electron chi connectivity index (χ0n) is 13.3. The molecular weight excluding hydrogens is 264 g/mol. The molecule has 1 N–H and O–H groups in total. The summed E-state index contributed by atoms with van der Waals surface area (Å²) < 4.78 is 11.8. The number of likely N-dealkylation sites (N-methyl/N-ethyl adjacent to an activating group) is 1. The first-order chi connectivity index (χ1) is 10.2. The van der Waals surface area contributed by atoms with Crippen LogP contribution < -0.4 is 14.8 Å². The largest absolute Gasteiger partial charge is 0.497 e. The van der Waals surface area contributed by atoms with Crippen LogP contribution in [-0.4, -0.2) is 44.3 Å². The first-order valence-electron chi connectivity index (χ1n) is 7.95. The summed E-state index contributed by atoms with van der Waals surface area (Å²) in [5.41, 5.74) is 1.23. The molecule has 1 spiro atoms. The Morgan fingerprint density at radius 3 is 3.00 bits per heavy atom. The predicted octanol–water partition coefficient (Wildman–Crippen LogP) is 2.59. The molecule has 0 radical (unpaired) electrons. The highest BCUT2D eigenvalue weighted by molar-refractivity contribution is 5.45. The summed E-state index contributed by atoms with van der Waals surface area (Å²) in [4.78, 5) is 2.36. The summed E-state index contributed by atoms with van der Waals surface area (Å²) in [5, 5.41) is 3.69. The molecule has 0 aromatic heterocycles. The minimum Gasteiger partial charge on any atom is -0.497 e. The molecule has 2 aliphatic rings. The fraction of sp³-hybridized carbons (Fsp3) is 0.647. The Bertz CT molecular complexity index is 506. The fourth-order valence-corrected chi connectivity index (χ4v) is 3.57. The van der Waals surface area contributed by atoms with Crippen molar-refractivity contribution in [3.63, 3.8) is 0 Å². The Labute approximate surface area is 127 Å². The quantitative estimate of drug-likeness (QED) is 0.924. The van der Waals surface area contributed by atoms with Crippen molar-refractivity contribution in [1.82, 2.24) is 10.2 Å². The van der Waals surface area contributed by atoms with E-state index in [9.17, 15) is 0 Å². The summed E-state index contributed by atoms with van der Waals surface area (Å²) in [7, 11) is 3.88. The van der Waals surface area contributed by atoms with E-state index >= 15 is 0 Å². The van der Waals surface area contributed by atoms with Gasteiger partial charge in [-0.1, -0.05) is 13.0 Å². The van der Waals surface area contributed by atoms with Gasteiger partial charge in [0.25, 0.3) is 0 Å². The summed E-state index contributed by atoms with van der Waals surface area (Å²) in [5.74, 6) is 1.86. The minimum absolute atomic E-state index is 0.0421. The molecule has 0 amide bonds. The molecule has 2 aliphatic heterocycles. The summed E-state index contributed by atoms with van der Waals surface area (Å²) in [6.07, 6.45) is 3.30. The molecule has 0 bridgehead atoms. The molecule has 0 saturated carbocycles. The number of nitrogens with zero attached hydrogens (tertiary/aromatic N) is 1. The number of fused-ring (bicyclic) bond motifs is 1. The van der Waals surface area contributed by atoms with Crippen molar-refractivity contribution in [2.45, 2.75) is 37.8 Å². The average molecular weight is 290 g/mol. The molecule has 1 saturated heterocycles. The van der Waals surface area contributed by atoms with E-state index in [1.54, 1.807) is 7.11 Å². The molecule has 1 aromatic rings. The highest BCUT2D eigenvalue weighted by Gasteiger charge is 2.44. The maximum absolute atomic E-state index is 6.44. The molecule has 4 heteroatoms. The van der Waals surface area contributed by atoms with Crippen LogP contribution in [0.4, 0.5) is 0 Å². The Hall–Kier alpha value is -1.26. The van der Waals surface area contributed by atoms with E-state index in [1.807, 2.05) is 12.1 Å². The zero-order chi connectivity index (χ0) is 14.9. The van der Waals surface area contributed by atoms with E-state index in [-0.39, 0.29) is 5.60 Å². The number of rotatable bonds is 4. The van der Waals surface area contributed by atoms with Gasteiger partial charge in [-0.25, -0.2) is 0 Å². The number of likely N-dealkylation sites (tertiary alicyclic amines) is 1. The van der Waals surface area contributed by atoms with E-state index < -0.39 is 0 Å². The number of nitrogens with one attached hydrogen (secondary N) is 1. The average Bonchev–Trinajstić information content (AvgIpc) is 2.84. The number of methoxy groups -OCH3 is 1. The topological polar surface area (TPSA) is 33.7 Å². The number of benzene rings is 1. The minimum atomic E-state index is -0.0421. The van der Waals surface area contributed by atoms with Crippen molar-refractivity contribution in [3.8, 4) is 11.5 Å². The molecule has 4 nitrogen and oxygen atoms in total. The number of ether oxygens (including phenoxy) is 2. The van der Waals surface area contributed by atoms with Gasteiger partial charge in [-0.3, -0.25) is 0 Å². The van der Waals surface area contributed by atoms with Crippen molar-refractivity contribution in [2.24, 2.45) is 0 Å². The van der Waals surface area contributed by atoms with E-state index in [2.05, 4.69) is 30.3 Å². The fourth-order valence-electron chi connectivity index (χ4n) is 3.57. The van der Waals surface area contributed by atoms with Gasteiger partial charge in [0, 0.05) is 43.6 Å². The van der Waals surface area contributed by atoms with Gasteiger partial charge < -0.3 is 19.7 Å². The predicted molar refractivity (Wildman–Crippen MR) is 84.1 cm³/mol. The third-order valence-electron chi connectivity index (χ3n) is 4.65. The third kappa shape index (κ3) is 2.87. The van der Waals surface area contributed by atoms with Gasteiger partial charge in [0.1, 0.15) is 17.1 Å². The molecule has 2 atom stereocenters. The highest BCUT2D eigenvalue weighted by Crippen LogP contribution is 2.44. The van der Waals surface area contributed by atoms with Crippen LogP contribution in [0.3, 0.4) is 0 Å². The molecule has 3 rings (SSSR count). The van der Waals surface area contributed by atoms with Crippen LogP contribution >= 0.6 is 0 Å². The Morgan fingerprint density at radius 1 is 1.48 bits per heavy atom. The van der Waals surface area contributed by atoms with Gasteiger partial charge in [0.05, 0.1) is 7.11 Å². The van der Waals surface area contributed by atoms with Crippen LogP contribution in [-0.2, 0) is 0 Å². The smallest absolute Gasteiger partial charge is 0.128 e. The van der Waals surface area contributed by atoms with Gasteiger partial charge in [0.15, 0.2) is 0 Å². The van der Waals surface area contributed by atoms with E-state index in [0.29, 0.717) is 6.04 Å². The Balaban J connectivity index is 1.91.